The largest absolute Gasteiger partial charge is 0.335 e. The molecule has 1 atom stereocenters. The Bertz CT molecular complexity index is 591. The van der Waals surface area contributed by atoms with Crippen LogP contribution in [0, 0.1) is 0 Å². The number of hydrogen-bond donors (Lipinski definition) is 1. The topological polar surface area (TPSA) is 59.2 Å². The van der Waals surface area contributed by atoms with Crippen LogP contribution in [0.1, 0.15) is 25.1 Å². The van der Waals surface area contributed by atoms with Gasteiger partial charge in [0.25, 0.3) is 0 Å². The van der Waals surface area contributed by atoms with Crippen LogP contribution >= 0.6 is 24.8 Å². The van der Waals surface area contributed by atoms with E-state index in [9.17, 15) is 4.79 Å². The van der Waals surface area contributed by atoms with Gasteiger partial charge < -0.3 is 10.6 Å². The summed E-state index contributed by atoms with van der Waals surface area (Å²) in [4.78, 5) is 18.8. The molecular weight excluding hydrogens is 333 g/mol. The Morgan fingerprint density at radius 3 is 2.26 bits per heavy atom. The van der Waals surface area contributed by atoms with Crippen molar-refractivity contribution in [2.45, 2.75) is 25.9 Å². The number of nitrogens with zero attached hydrogens (tertiary/aromatic N) is 2. The molecule has 0 radical (unpaired) electrons. The standard InChI is InChI=1S/C17H21N3O.2ClH/c1-3-20(13-15-11-7-8-12-19-15)16(21)17(2,18)14-9-5-4-6-10-14;;/h4-12H,3,13,18H2,1-2H3;2*1H. The van der Waals surface area contributed by atoms with Crippen LogP contribution in [0.4, 0.5) is 0 Å². The summed E-state index contributed by atoms with van der Waals surface area (Å²) in [5.74, 6) is -0.0955. The molecule has 1 aromatic heterocycles. The number of likely N-dealkylation sites (N-methyl/N-ethyl adjacent to an activating group) is 1. The maximum atomic E-state index is 12.8. The number of rotatable bonds is 5. The van der Waals surface area contributed by atoms with Gasteiger partial charge in [0.05, 0.1) is 12.2 Å². The van der Waals surface area contributed by atoms with Crippen LogP contribution in [0.5, 0.6) is 0 Å². The lowest BCUT2D eigenvalue weighted by atomic mass is 9.91. The van der Waals surface area contributed by atoms with Gasteiger partial charge in [0.15, 0.2) is 0 Å². The molecule has 1 aromatic carbocycles. The molecule has 126 valence electrons. The summed E-state index contributed by atoms with van der Waals surface area (Å²) in [7, 11) is 0. The summed E-state index contributed by atoms with van der Waals surface area (Å²) in [5, 5.41) is 0. The molecular formula is C17H23Cl2N3O. The van der Waals surface area contributed by atoms with E-state index in [1.807, 2.05) is 55.5 Å². The second-order valence-corrected chi connectivity index (χ2v) is 5.21. The zero-order valence-corrected chi connectivity index (χ0v) is 14.9. The predicted octanol–water partition coefficient (Wildman–Crippen LogP) is 3.15. The van der Waals surface area contributed by atoms with Gasteiger partial charge in [0.1, 0.15) is 5.54 Å². The van der Waals surface area contributed by atoms with E-state index in [1.165, 1.54) is 0 Å². The minimum absolute atomic E-state index is 0. The minimum Gasteiger partial charge on any atom is -0.335 e. The van der Waals surface area contributed by atoms with E-state index >= 15 is 0 Å². The maximum Gasteiger partial charge on any atom is 0.247 e. The van der Waals surface area contributed by atoms with Gasteiger partial charge in [-0.2, -0.15) is 0 Å². The lowest BCUT2D eigenvalue weighted by molar-refractivity contribution is -0.137. The molecule has 1 amide bonds. The molecule has 0 aliphatic carbocycles. The monoisotopic (exact) mass is 355 g/mol. The Morgan fingerprint density at radius 2 is 1.74 bits per heavy atom. The smallest absolute Gasteiger partial charge is 0.247 e. The number of nitrogens with two attached hydrogens (primary N) is 1. The molecule has 4 nitrogen and oxygen atoms in total. The highest BCUT2D eigenvalue weighted by Gasteiger charge is 2.33. The Hall–Kier alpha value is -1.62. The average Bonchev–Trinajstić information content (AvgIpc) is 2.53. The van der Waals surface area contributed by atoms with E-state index in [4.69, 9.17) is 5.73 Å². The molecule has 2 rings (SSSR count). The van der Waals surface area contributed by atoms with Gasteiger partial charge in [-0.1, -0.05) is 36.4 Å². The van der Waals surface area contributed by atoms with Crippen molar-refractivity contribution >= 4 is 30.7 Å². The van der Waals surface area contributed by atoms with E-state index in [2.05, 4.69) is 4.98 Å². The number of aromatic nitrogens is 1. The summed E-state index contributed by atoms with van der Waals surface area (Å²) < 4.78 is 0. The molecule has 23 heavy (non-hydrogen) atoms. The highest BCUT2D eigenvalue weighted by atomic mass is 35.5. The second-order valence-electron chi connectivity index (χ2n) is 5.21. The number of hydrogen-bond acceptors (Lipinski definition) is 3. The third kappa shape index (κ3) is 5.20. The Balaban J connectivity index is 0.00000242. The number of amides is 1. The first-order valence-corrected chi connectivity index (χ1v) is 7.09. The SMILES string of the molecule is CCN(Cc1ccccn1)C(=O)C(C)(N)c1ccccc1.Cl.Cl. The highest BCUT2D eigenvalue weighted by Crippen LogP contribution is 2.21. The summed E-state index contributed by atoms with van der Waals surface area (Å²) in [6.07, 6.45) is 1.73. The van der Waals surface area contributed by atoms with E-state index in [0.717, 1.165) is 11.3 Å². The first kappa shape index (κ1) is 21.4. The summed E-state index contributed by atoms with van der Waals surface area (Å²) in [6, 6.07) is 15.1. The van der Waals surface area contributed by atoms with E-state index in [-0.39, 0.29) is 30.7 Å². The van der Waals surface area contributed by atoms with Crippen molar-refractivity contribution in [1.82, 2.24) is 9.88 Å². The fourth-order valence-electron chi connectivity index (χ4n) is 2.25. The summed E-state index contributed by atoms with van der Waals surface area (Å²) in [6.45, 7) is 4.76. The van der Waals surface area contributed by atoms with Crippen molar-refractivity contribution < 1.29 is 4.79 Å². The Kier molecular flexibility index (Phi) is 8.83. The van der Waals surface area contributed by atoms with Crippen molar-refractivity contribution in [3.05, 3.63) is 66.0 Å². The zero-order valence-electron chi connectivity index (χ0n) is 13.3. The number of carbonyl (C=O) groups is 1. The fraction of sp³-hybridized carbons (Fsp3) is 0.294. The molecule has 1 unspecified atom stereocenters. The lowest BCUT2D eigenvalue weighted by Gasteiger charge is -2.31. The number of halogens is 2. The molecule has 6 heteroatoms. The van der Waals surface area contributed by atoms with Crippen molar-refractivity contribution in [2.75, 3.05) is 6.54 Å². The first-order chi connectivity index (χ1) is 10.1. The van der Waals surface area contributed by atoms with Gasteiger partial charge in [0.2, 0.25) is 5.91 Å². The van der Waals surface area contributed by atoms with Gasteiger partial charge in [-0.25, -0.2) is 0 Å². The third-order valence-electron chi connectivity index (χ3n) is 3.57. The molecule has 0 fully saturated rings. The molecule has 2 aromatic rings. The quantitative estimate of drug-likeness (QED) is 0.895. The normalized spacial score (nSPS) is 12.3. The van der Waals surface area contributed by atoms with Crippen LogP contribution in [-0.4, -0.2) is 22.3 Å². The van der Waals surface area contributed by atoms with Crippen LogP contribution in [-0.2, 0) is 16.9 Å². The molecule has 1 heterocycles. The third-order valence-corrected chi connectivity index (χ3v) is 3.57. The van der Waals surface area contributed by atoms with Crippen LogP contribution < -0.4 is 5.73 Å². The van der Waals surface area contributed by atoms with Crippen LogP contribution in [0.25, 0.3) is 0 Å². The van der Waals surface area contributed by atoms with Crippen molar-refractivity contribution in [3.63, 3.8) is 0 Å². The van der Waals surface area contributed by atoms with Crippen molar-refractivity contribution in [2.24, 2.45) is 5.73 Å². The van der Waals surface area contributed by atoms with Gasteiger partial charge >= 0.3 is 0 Å². The zero-order chi connectivity index (χ0) is 15.3. The molecule has 0 spiro atoms. The highest BCUT2D eigenvalue weighted by molar-refractivity contribution is 5.87. The van der Waals surface area contributed by atoms with Crippen LogP contribution in [0.2, 0.25) is 0 Å². The molecule has 0 aliphatic rings. The van der Waals surface area contributed by atoms with Gasteiger partial charge in [-0.05, 0) is 31.5 Å². The number of carbonyl (C=O) groups excluding carboxylic acids is 1. The van der Waals surface area contributed by atoms with E-state index in [0.29, 0.717) is 13.1 Å². The van der Waals surface area contributed by atoms with E-state index < -0.39 is 5.54 Å². The predicted molar refractivity (Wildman–Crippen MR) is 97.8 cm³/mol. The lowest BCUT2D eigenvalue weighted by Crippen LogP contribution is -2.50. The number of pyridine rings is 1. The van der Waals surface area contributed by atoms with Crippen molar-refractivity contribution in [3.8, 4) is 0 Å². The van der Waals surface area contributed by atoms with Crippen molar-refractivity contribution in [1.29, 1.82) is 0 Å². The minimum atomic E-state index is -1.04. The summed E-state index contributed by atoms with van der Waals surface area (Å²) in [5.41, 5.74) is 6.94. The molecule has 2 N–H and O–H groups in total. The van der Waals surface area contributed by atoms with Gasteiger partial charge in [-0.15, -0.1) is 24.8 Å². The average molecular weight is 356 g/mol. The number of benzene rings is 1. The first-order valence-electron chi connectivity index (χ1n) is 7.09. The Labute approximate surface area is 149 Å². The molecule has 0 aliphatic heterocycles. The van der Waals surface area contributed by atoms with Gasteiger partial charge in [0, 0.05) is 12.7 Å². The Morgan fingerprint density at radius 1 is 1.13 bits per heavy atom. The fourth-order valence-corrected chi connectivity index (χ4v) is 2.25. The van der Waals surface area contributed by atoms with Crippen LogP contribution in [0.3, 0.4) is 0 Å². The molecule has 0 saturated carbocycles. The molecule has 0 bridgehead atoms. The maximum absolute atomic E-state index is 12.8. The summed E-state index contributed by atoms with van der Waals surface area (Å²) >= 11 is 0. The van der Waals surface area contributed by atoms with E-state index in [1.54, 1.807) is 18.0 Å². The second kappa shape index (κ2) is 9.50. The van der Waals surface area contributed by atoms with Crippen LogP contribution in [0.15, 0.2) is 54.7 Å². The van der Waals surface area contributed by atoms with Gasteiger partial charge in [-0.3, -0.25) is 9.78 Å². The molecule has 0 saturated heterocycles.